The molecule has 0 spiro atoms. The molecule has 0 saturated heterocycles. The van der Waals surface area contributed by atoms with Crippen LogP contribution >= 0.6 is 11.8 Å². The summed E-state index contributed by atoms with van der Waals surface area (Å²) < 4.78 is 0. The van der Waals surface area contributed by atoms with Crippen LogP contribution in [-0.4, -0.2) is 12.3 Å². The van der Waals surface area contributed by atoms with Crippen molar-refractivity contribution in [3.8, 4) is 6.07 Å². The molecule has 1 aliphatic carbocycles. The largest absolute Gasteiger partial charge is 0.381 e. The lowest BCUT2D eigenvalue weighted by atomic mass is 10.1. The Balaban J connectivity index is 2.06. The van der Waals surface area contributed by atoms with Crippen molar-refractivity contribution in [3.05, 3.63) is 24.3 Å². The van der Waals surface area contributed by atoms with Gasteiger partial charge in [0.1, 0.15) is 0 Å². The van der Waals surface area contributed by atoms with Crippen molar-refractivity contribution >= 4 is 17.4 Å². The van der Waals surface area contributed by atoms with Gasteiger partial charge in [-0.25, -0.2) is 0 Å². The van der Waals surface area contributed by atoms with Crippen molar-refractivity contribution in [1.82, 2.24) is 0 Å². The van der Waals surface area contributed by atoms with Gasteiger partial charge in [0.2, 0.25) is 0 Å². The number of hydrogen-bond acceptors (Lipinski definition) is 3. The minimum Gasteiger partial charge on any atom is -0.381 e. The monoisotopic (exact) mass is 232 g/mol. The van der Waals surface area contributed by atoms with Gasteiger partial charge in [-0.05, 0) is 43.7 Å². The van der Waals surface area contributed by atoms with E-state index in [0.29, 0.717) is 6.04 Å². The van der Waals surface area contributed by atoms with Gasteiger partial charge in [-0.3, -0.25) is 0 Å². The molecule has 0 heterocycles. The molecule has 0 bridgehead atoms. The van der Waals surface area contributed by atoms with Crippen LogP contribution in [0.2, 0.25) is 0 Å². The fourth-order valence-electron chi connectivity index (χ4n) is 2.21. The molecular formula is C13H16N2S. The van der Waals surface area contributed by atoms with Crippen LogP contribution < -0.4 is 5.32 Å². The number of thioether (sulfide) groups is 1. The third kappa shape index (κ3) is 2.51. The van der Waals surface area contributed by atoms with Gasteiger partial charge in [0, 0.05) is 16.6 Å². The number of benzene rings is 1. The van der Waals surface area contributed by atoms with Crippen LogP contribution in [0.25, 0.3) is 0 Å². The van der Waals surface area contributed by atoms with E-state index in [1.165, 1.54) is 4.90 Å². The summed E-state index contributed by atoms with van der Waals surface area (Å²) in [5.41, 5.74) is 1.14. The molecule has 3 heteroatoms. The predicted molar refractivity (Wildman–Crippen MR) is 68.6 cm³/mol. The fraction of sp³-hybridized carbons (Fsp3) is 0.462. The molecule has 1 aliphatic rings. The van der Waals surface area contributed by atoms with Crippen LogP contribution in [0.15, 0.2) is 29.2 Å². The topological polar surface area (TPSA) is 35.8 Å². The van der Waals surface area contributed by atoms with E-state index in [1.807, 2.05) is 0 Å². The van der Waals surface area contributed by atoms with Crippen LogP contribution in [0, 0.1) is 17.2 Å². The van der Waals surface area contributed by atoms with E-state index < -0.39 is 0 Å². The molecule has 2 atom stereocenters. The highest BCUT2D eigenvalue weighted by Gasteiger charge is 2.26. The zero-order valence-electron chi connectivity index (χ0n) is 9.44. The minimum atomic E-state index is 0.179. The lowest BCUT2D eigenvalue weighted by Crippen LogP contribution is -2.22. The molecule has 1 aromatic rings. The molecule has 0 amide bonds. The summed E-state index contributed by atoms with van der Waals surface area (Å²) >= 11 is 1.74. The lowest BCUT2D eigenvalue weighted by molar-refractivity contribution is 0.629. The second-order valence-electron chi connectivity index (χ2n) is 4.15. The zero-order valence-corrected chi connectivity index (χ0v) is 10.3. The highest BCUT2D eigenvalue weighted by Crippen LogP contribution is 2.29. The lowest BCUT2D eigenvalue weighted by Gasteiger charge is -2.17. The first-order valence-electron chi connectivity index (χ1n) is 5.63. The Hall–Kier alpha value is -1.14. The maximum Gasteiger partial charge on any atom is 0.0677 e. The maximum atomic E-state index is 9.02. The van der Waals surface area contributed by atoms with E-state index in [1.54, 1.807) is 11.8 Å². The standard InChI is InChI=1S/C13H16N2S/c1-16-12-6-3-5-11(8-12)15-13-7-2-4-10(13)9-14/h3,5-6,8,10,13,15H,2,4,7H2,1H3. The Labute approximate surface area is 101 Å². The molecule has 1 N–H and O–H groups in total. The maximum absolute atomic E-state index is 9.02. The van der Waals surface area contributed by atoms with E-state index >= 15 is 0 Å². The fourth-order valence-corrected chi connectivity index (χ4v) is 2.67. The first-order chi connectivity index (χ1) is 7.83. The van der Waals surface area contributed by atoms with Crippen molar-refractivity contribution in [2.75, 3.05) is 11.6 Å². The van der Waals surface area contributed by atoms with Crippen molar-refractivity contribution in [3.63, 3.8) is 0 Å². The first-order valence-corrected chi connectivity index (χ1v) is 6.86. The molecule has 2 nitrogen and oxygen atoms in total. The van der Waals surface area contributed by atoms with Gasteiger partial charge < -0.3 is 5.32 Å². The van der Waals surface area contributed by atoms with Gasteiger partial charge in [-0.2, -0.15) is 5.26 Å². The van der Waals surface area contributed by atoms with Crippen LogP contribution in [-0.2, 0) is 0 Å². The molecular weight excluding hydrogens is 216 g/mol. The Morgan fingerprint density at radius 1 is 1.44 bits per heavy atom. The summed E-state index contributed by atoms with van der Waals surface area (Å²) in [7, 11) is 0. The van der Waals surface area contributed by atoms with Crippen molar-refractivity contribution in [2.45, 2.75) is 30.2 Å². The molecule has 1 fully saturated rings. The smallest absolute Gasteiger partial charge is 0.0677 e. The van der Waals surface area contributed by atoms with Crippen molar-refractivity contribution in [1.29, 1.82) is 5.26 Å². The number of nitriles is 1. The average Bonchev–Trinajstić information content (AvgIpc) is 2.76. The molecule has 1 aromatic carbocycles. The van der Waals surface area contributed by atoms with Crippen molar-refractivity contribution in [2.24, 2.45) is 5.92 Å². The number of hydrogen-bond donors (Lipinski definition) is 1. The summed E-state index contributed by atoms with van der Waals surface area (Å²) in [6.07, 6.45) is 5.39. The quantitative estimate of drug-likeness (QED) is 0.810. The van der Waals surface area contributed by atoms with Crippen LogP contribution in [0.3, 0.4) is 0 Å². The van der Waals surface area contributed by atoms with Crippen LogP contribution in [0.1, 0.15) is 19.3 Å². The van der Waals surface area contributed by atoms with E-state index in [2.05, 4.69) is 41.9 Å². The summed E-state index contributed by atoms with van der Waals surface area (Å²) in [5, 5.41) is 12.5. The Morgan fingerprint density at radius 2 is 2.31 bits per heavy atom. The van der Waals surface area contributed by atoms with Crippen LogP contribution in [0.5, 0.6) is 0 Å². The zero-order chi connectivity index (χ0) is 11.4. The van der Waals surface area contributed by atoms with Gasteiger partial charge in [0.25, 0.3) is 0 Å². The molecule has 2 unspecified atom stereocenters. The van der Waals surface area contributed by atoms with E-state index in [4.69, 9.17) is 5.26 Å². The number of anilines is 1. The summed E-state index contributed by atoms with van der Waals surface area (Å²) in [5.74, 6) is 0.179. The number of rotatable bonds is 3. The highest BCUT2D eigenvalue weighted by molar-refractivity contribution is 7.98. The first kappa shape index (κ1) is 11.3. The third-order valence-corrected chi connectivity index (χ3v) is 3.83. The van der Waals surface area contributed by atoms with Gasteiger partial charge in [0.15, 0.2) is 0 Å². The molecule has 0 radical (unpaired) electrons. The SMILES string of the molecule is CSc1cccc(NC2CCCC2C#N)c1. The van der Waals surface area contributed by atoms with Gasteiger partial charge in [-0.15, -0.1) is 11.8 Å². The van der Waals surface area contributed by atoms with E-state index in [9.17, 15) is 0 Å². The Morgan fingerprint density at radius 3 is 3.06 bits per heavy atom. The predicted octanol–water partition coefficient (Wildman–Crippen LogP) is 3.51. The van der Waals surface area contributed by atoms with Crippen LogP contribution in [0.4, 0.5) is 5.69 Å². The normalized spacial score (nSPS) is 24.0. The van der Waals surface area contributed by atoms with Gasteiger partial charge in [0.05, 0.1) is 12.0 Å². The Kier molecular flexibility index (Phi) is 3.74. The molecule has 1 saturated carbocycles. The summed E-state index contributed by atoms with van der Waals surface area (Å²) in [6.45, 7) is 0. The Bertz CT molecular complexity index is 397. The minimum absolute atomic E-state index is 0.179. The number of nitrogens with zero attached hydrogens (tertiary/aromatic N) is 1. The molecule has 16 heavy (non-hydrogen) atoms. The molecule has 84 valence electrons. The molecule has 2 rings (SSSR count). The van der Waals surface area contributed by atoms with E-state index in [-0.39, 0.29) is 5.92 Å². The second kappa shape index (κ2) is 5.27. The second-order valence-corrected chi connectivity index (χ2v) is 5.03. The van der Waals surface area contributed by atoms with Gasteiger partial charge in [-0.1, -0.05) is 6.07 Å². The molecule has 0 aliphatic heterocycles. The van der Waals surface area contributed by atoms with Gasteiger partial charge >= 0.3 is 0 Å². The van der Waals surface area contributed by atoms with Crippen molar-refractivity contribution < 1.29 is 0 Å². The summed E-state index contributed by atoms with van der Waals surface area (Å²) in [6, 6.07) is 11.1. The number of nitrogens with one attached hydrogen (secondary N) is 1. The highest BCUT2D eigenvalue weighted by atomic mass is 32.2. The molecule has 0 aromatic heterocycles. The summed E-state index contributed by atoms with van der Waals surface area (Å²) in [4.78, 5) is 1.26. The third-order valence-electron chi connectivity index (χ3n) is 3.10. The van der Waals surface area contributed by atoms with E-state index in [0.717, 1.165) is 24.9 Å². The average molecular weight is 232 g/mol.